The molecule has 0 saturated carbocycles. The van der Waals surface area contributed by atoms with Crippen molar-refractivity contribution in [2.45, 2.75) is 6.42 Å². The highest BCUT2D eigenvalue weighted by Gasteiger charge is 2.19. The summed E-state index contributed by atoms with van der Waals surface area (Å²) in [5.41, 5.74) is 11.4. The van der Waals surface area contributed by atoms with Crippen LogP contribution in [0.15, 0.2) is 156 Å². The quantitative estimate of drug-likeness (QED) is 0.205. The zero-order chi connectivity index (χ0) is 30.5. The highest BCUT2D eigenvalue weighted by Crippen LogP contribution is 2.41. The Morgan fingerprint density at radius 1 is 0.522 bits per heavy atom. The van der Waals surface area contributed by atoms with Crippen LogP contribution < -0.4 is 0 Å². The van der Waals surface area contributed by atoms with E-state index >= 15 is 0 Å². The van der Waals surface area contributed by atoms with Gasteiger partial charge in [0.15, 0.2) is 5.82 Å². The van der Waals surface area contributed by atoms with Crippen molar-refractivity contribution in [3.05, 3.63) is 168 Å². The van der Waals surface area contributed by atoms with Crippen LogP contribution in [0.5, 0.6) is 0 Å². The molecule has 0 spiro atoms. The van der Waals surface area contributed by atoms with Crippen molar-refractivity contribution in [1.82, 2.24) is 9.97 Å². The summed E-state index contributed by atoms with van der Waals surface area (Å²) < 4.78 is 6.46. The molecular formula is C43H28N2O. The maximum absolute atomic E-state index is 6.46. The van der Waals surface area contributed by atoms with Crippen molar-refractivity contribution in [3.63, 3.8) is 0 Å². The number of allylic oxidation sites excluding steroid dienone is 2. The molecule has 0 unspecified atom stereocenters. The van der Waals surface area contributed by atoms with Gasteiger partial charge in [-0.15, -0.1) is 0 Å². The second kappa shape index (κ2) is 10.8. The standard InChI is InChI=1S/C43H28N2O/c1-3-13-29(14-4-1)38-27-39(45-43(44-38)30-15-5-2-6-16-30)36-20-11-21-41-42(36)37-26-31(23-25-40(37)46-41)33-18-9-10-19-34-32-17-8-7-12-28(32)22-24-35(33)34/h1-8,10-27H,9H2. The zero-order valence-electron chi connectivity index (χ0n) is 25.0. The van der Waals surface area contributed by atoms with Gasteiger partial charge in [0.2, 0.25) is 0 Å². The third kappa shape index (κ3) is 4.44. The summed E-state index contributed by atoms with van der Waals surface area (Å²) in [6, 6.07) is 48.5. The molecule has 1 aliphatic rings. The third-order valence-corrected chi connectivity index (χ3v) is 8.91. The number of fused-ring (bicyclic) bond motifs is 6. The first-order valence-electron chi connectivity index (χ1n) is 15.6. The van der Waals surface area contributed by atoms with Crippen LogP contribution in [0.3, 0.4) is 0 Å². The fourth-order valence-corrected chi connectivity index (χ4v) is 6.73. The van der Waals surface area contributed by atoms with E-state index < -0.39 is 0 Å². The molecule has 216 valence electrons. The third-order valence-electron chi connectivity index (χ3n) is 8.91. The summed E-state index contributed by atoms with van der Waals surface area (Å²) in [7, 11) is 0. The molecule has 3 nitrogen and oxygen atoms in total. The topological polar surface area (TPSA) is 38.9 Å². The van der Waals surface area contributed by atoms with Crippen LogP contribution in [0.2, 0.25) is 0 Å². The van der Waals surface area contributed by atoms with Crippen LogP contribution in [-0.4, -0.2) is 9.97 Å². The Hall–Kier alpha value is -6.06. The first kappa shape index (κ1) is 26.4. The molecule has 8 aromatic rings. The van der Waals surface area contributed by atoms with Crippen LogP contribution in [-0.2, 0) is 0 Å². The van der Waals surface area contributed by atoms with Crippen LogP contribution >= 0.6 is 0 Å². The molecular weight excluding hydrogens is 560 g/mol. The van der Waals surface area contributed by atoms with Crippen molar-refractivity contribution >= 4 is 44.4 Å². The minimum Gasteiger partial charge on any atom is -0.456 e. The Morgan fingerprint density at radius 2 is 1.30 bits per heavy atom. The molecule has 2 aromatic heterocycles. The van der Waals surface area contributed by atoms with Crippen LogP contribution in [0.25, 0.3) is 78.3 Å². The van der Waals surface area contributed by atoms with Crippen molar-refractivity contribution in [2.75, 3.05) is 0 Å². The Balaban J connectivity index is 1.25. The average molecular weight is 589 g/mol. The van der Waals surface area contributed by atoms with Crippen LogP contribution in [0, 0.1) is 0 Å². The number of hydrogen-bond donors (Lipinski definition) is 0. The van der Waals surface area contributed by atoms with E-state index in [4.69, 9.17) is 14.4 Å². The second-order valence-electron chi connectivity index (χ2n) is 11.7. The fraction of sp³-hybridized carbons (Fsp3) is 0.0233. The molecule has 0 N–H and O–H groups in total. The highest BCUT2D eigenvalue weighted by atomic mass is 16.3. The van der Waals surface area contributed by atoms with E-state index in [-0.39, 0.29) is 0 Å². The number of aromatic nitrogens is 2. The lowest BCUT2D eigenvalue weighted by Gasteiger charge is -2.14. The molecule has 6 aromatic carbocycles. The molecule has 3 heteroatoms. The highest BCUT2D eigenvalue weighted by molar-refractivity contribution is 6.13. The molecule has 46 heavy (non-hydrogen) atoms. The maximum Gasteiger partial charge on any atom is 0.160 e. The molecule has 0 saturated heterocycles. The Morgan fingerprint density at radius 3 is 2.17 bits per heavy atom. The molecule has 1 aliphatic carbocycles. The van der Waals surface area contributed by atoms with E-state index in [1.54, 1.807) is 0 Å². The average Bonchev–Trinajstić information content (AvgIpc) is 3.36. The molecule has 0 fully saturated rings. The van der Waals surface area contributed by atoms with Gasteiger partial charge in [-0.3, -0.25) is 0 Å². The van der Waals surface area contributed by atoms with E-state index in [9.17, 15) is 0 Å². The van der Waals surface area contributed by atoms with E-state index in [1.165, 1.54) is 33.0 Å². The van der Waals surface area contributed by atoms with Gasteiger partial charge >= 0.3 is 0 Å². The van der Waals surface area contributed by atoms with Gasteiger partial charge < -0.3 is 4.42 Å². The molecule has 0 radical (unpaired) electrons. The normalized spacial score (nSPS) is 12.7. The lowest BCUT2D eigenvalue weighted by molar-refractivity contribution is 0.669. The van der Waals surface area contributed by atoms with Gasteiger partial charge in [-0.1, -0.05) is 133 Å². The predicted molar refractivity (Wildman–Crippen MR) is 190 cm³/mol. The van der Waals surface area contributed by atoms with Gasteiger partial charge in [0.05, 0.1) is 11.4 Å². The number of nitrogens with zero attached hydrogens (tertiary/aromatic N) is 2. The molecule has 0 aliphatic heterocycles. The van der Waals surface area contributed by atoms with Gasteiger partial charge in [-0.25, -0.2) is 9.97 Å². The minimum absolute atomic E-state index is 0.697. The monoisotopic (exact) mass is 588 g/mol. The van der Waals surface area contributed by atoms with Gasteiger partial charge in [0.1, 0.15) is 11.2 Å². The molecule has 9 rings (SSSR count). The Bertz CT molecular complexity index is 2430. The molecule has 2 heterocycles. The summed E-state index contributed by atoms with van der Waals surface area (Å²) >= 11 is 0. The predicted octanol–water partition coefficient (Wildman–Crippen LogP) is 11.4. The first-order valence-corrected chi connectivity index (χ1v) is 15.6. The van der Waals surface area contributed by atoms with Gasteiger partial charge in [0, 0.05) is 27.5 Å². The van der Waals surface area contributed by atoms with Crippen molar-refractivity contribution < 1.29 is 4.42 Å². The van der Waals surface area contributed by atoms with Crippen molar-refractivity contribution in [2.24, 2.45) is 0 Å². The fourth-order valence-electron chi connectivity index (χ4n) is 6.73. The van der Waals surface area contributed by atoms with E-state index in [1.807, 2.05) is 48.5 Å². The lowest BCUT2D eigenvalue weighted by Crippen LogP contribution is -1.96. The van der Waals surface area contributed by atoms with E-state index in [2.05, 4.69) is 109 Å². The first-order chi connectivity index (χ1) is 22.8. The SMILES string of the molecule is C1=Cc2c(ccc3ccccc23)C(c2ccc3oc4cccc(-c5cc(-c6ccccc6)nc(-c6ccccc6)n5)c4c3c2)=CC1. The van der Waals surface area contributed by atoms with E-state index in [0.717, 1.165) is 56.4 Å². The summed E-state index contributed by atoms with van der Waals surface area (Å²) in [4.78, 5) is 10.2. The van der Waals surface area contributed by atoms with Crippen LogP contribution in [0.1, 0.15) is 23.1 Å². The van der Waals surface area contributed by atoms with Crippen molar-refractivity contribution in [3.8, 4) is 33.9 Å². The number of benzene rings is 6. The maximum atomic E-state index is 6.46. The van der Waals surface area contributed by atoms with Gasteiger partial charge in [-0.2, -0.15) is 0 Å². The second-order valence-corrected chi connectivity index (χ2v) is 11.7. The summed E-state index contributed by atoms with van der Waals surface area (Å²) in [6.07, 6.45) is 7.74. The lowest BCUT2D eigenvalue weighted by atomic mass is 9.90. The Kier molecular flexibility index (Phi) is 6.20. The van der Waals surface area contributed by atoms with Gasteiger partial charge in [0.25, 0.3) is 0 Å². The van der Waals surface area contributed by atoms with E-state index in [0.29, 0.717) is 5.82 Å². The number of rotatable bonds is 4. The summed E-state index contributed by atoms with van der Waals surface area (Å²) in [5, 5.41) is 4.66. The summed E-state index contributed by atoms with van der Waals surface area (Å²) in [6.45, 7) is 0. The smallest absolute Gasteiger partial charge is 0.160 e. The van der Waals surface area contributed by atoms with Gasteiger partial charge in [-0.05, 0) is 63.7 Å². The van der Waals surface area contributed by atoms with Crippen molar-refractivity contribution in [1.29, 1.82) is 0 Å². The molecule has 0 amide bonds. The zero-order valence-corrected chi connectivity index (χ0v) is 25.0. The Labute approximate surface area is 266 Å². The summed E-state index contributed by atoms with van der Waals surface area (Å²) in [5.74, 6) is 0.697. The molecule has 0 atom stereocenters. The number of furan rings is 1. The number of hydrogen-bond acceptors (Lipinski definition) is 3. The largest absolute Gasteiger partial charge is 0.456 e. The van der Waals surface area contributed by atoms with Crippen LogP contribution in [0.4, 0.5) is 0 Å². The minimum atomic E-state index is 0.697. The molecule has 0 bridgehead atoms.